The van der Waals surface area contributed by atoms with E-state index in [0.29, 0.717) is 28.3 Å². The van der Waals surface area contributed by atoms with Gasteiger partial charge in [-0.2, -0.15) is 5.26 Å². The first-order valence-electron chi connectivity index (χ1n) is 8.75. The molecule has 0 saturated heterocycles. The fraction of sp³-hybridized carbons (Fsp3) is 0.0952. The number of anilines is 4. The zero-order valence-electron chi connectivity index (χ0n) is 15.9. The van der Waals surface area contributed by atoms with Crippen LogP contribution >= 0.6 is 0 Å². The number of benzene rings is 2. The van der Waals surface area contributed by atoms with Gasteiger partial charge >= 0.3 is 0 Å². The zero-order chi connectivity index (χ0) is 20.8. The highest BCUT2D eigenvalue weighted by molar-refractivity contribution is 6.03. The van der Waals surface area contributed by atoms with Crippen LogP contribution in [0.15, 0.2) is 54.6 Å². The number of nitrogens with zero attached hydrogens (tertiary/aromatic N) is 3. The van der Waals surface area contributed by atoms with Gasteiger partial charge in [-0.1, -0.05) is 12.1 Å². The lowest BCUT2D eigenvalue weighted by atomic mass is 10.2. The molecule has 2 amide bonds. The molecule has 1 aromatic heterocycles. The largest absolute Gasteiger partial charge is 0.326 e. The van der Waals surface area contributed by atoms with Crippen molar-refractivity contribution in [2.45, 2.75) is 13.8 Å². The molecular weight excluding hydrogens is 368 g/mol. The van der Waals surface area contributed by atoms with Gasteiger partial charge in [0.15, 0.2) is 0 Å². The summed E-state index contributed by atoms with van der Waals surface area (Å²) in [6.45, 7) is 3.17. The normalized spacial score (nSPS) is 9.97. The molecule has 3 N–H and O–H groups in total. The first-order chi connectivity index (χ1) is 13.9. The van der Waals surface area contributed by atoms with Crippen molar-refractivity contribution in [1.29, 1.82) is 5.26 Å². The highest BCUT2D eigenvalue weighted by Crippen LogP contribution is 2.18. The van der Waals surface area contributed by atoms with Gasteiger partial charge < -0.3 is 16.0 Å². The summed E-state index contributed by atoms with van der Waals surface area (Å²) in [5, 5.41) is 17.4. The monoisotopic (exact) mass is 386 g/mol. The van der Waals surface area contributed by atoms with E-state index < -0.39 is 5.91 Å². The maximum atomic E-state index is 12.6. The second-order valence-electron chi connectivity index (χ2n) is 6.25. The zero-order valence-corrected chi connectivity index (χ0v) is 15.9. The molecule has 2 aromatic carbocycles. The number of nitriles is 1. The molecule has 0 fully saturated rings. The summed E-state index contributed by atoms with van der Waals surface area (Å²) in [6, 6.07) is 17.3. The summed E-state index contributed by atoms with van der Waals surface area (Å²) in [5.41, 5.74) is 3.03. The fourth-order valence-corrected chi connectivity index (χ4v) is 2.61. The molecule has 0 unspecified atom stereocenters. The van der Waals surface area contributed by atoms with Gasteiger partial charge in [0.1, 0.15) is 5.69 Å². The molecule has 0 radical (unpaired) electrons. The first-order valence-corrected chi connectivity index (χ1v) is 8.75. The van der Waals surface area contributed by atoms with Crippen molar-refractivity contribution in [3.8, 4) is 6.07 Å². The van der Waals surface area contributed by atoms with Crippen LogP contribution in [-0.4, -0.2) is 21.8 Å². The van der Waals surface area contributed by atoms with Crippen LogP contribution in [0.4, 0.5) is 23.0 Å². The maximum Gasteiger partial charge on any atom is 0.274 e. The Kier molecular flexibility index (Phi) is 5.80. The van der Waals surface area contributed by atoms with Gasteiger partial charge in [0.25, 0.3) is 5.91 Å². The van der Waals surface area contributed by atoms with Crippen LogP contribution in [0.2, 0.25) is 0 Å². The minimum absolute atomic E-state index is 0.182. The summed E-state index contributed by atoms with van der Waals surface area (Å²) < 4.78 is 0. The van der Waals surface area contributed by atoms with E-state index in [1.807, 2.05) is 0 Å². The summed E-state index contributed by atoms with van der Waals surface area (Å²) in [7, 11) is 0. The third kappa shape index (κ3) is 5.37. The van der Waals surface area contributed by atoms with Gasteiger partial charge in [-0.3, -0.25) is 9.59 Å². The smallest absolute Gasteiger partial charge is 0.274 e. The molecule has 0 atom stereocenters. The fourth-order valence-electron chi connectivity index (χ4n) is 2.61. The molecule has 0 spiro atoms. The van der Waals surface area contributed by atoms with Crippen LogP contribution in [-0.2, 0) is 4.79 Å². The number of amides is 2. The number of hydrogen-bond acceptors (Lipinski definition) is 6. The van der Waals surface area contributed by atoms with Crippen LogP contribution < -0.4 is 16.0 Å². The molecular formula is C21H18N6O2. The van der Waals surface area contributed by atoms with Gasteiger partial charge in [0.2, 0.25) is 11.9 Å². The molecule has 29 heavy (non-hydrogen) atoms. The minimum Gasteiger partial charge on any atom is -0.326 e. The molecule has 0 bridgehead atoms. The molecule has 1 heterocycles. The Morgan fingerprint density at radius 2 is 1.62 bits per heavy atom. The van der Waals surface area contributed by atoms with Crippen molar-refractivity contribution in [1.82, 2.24) is 9.97 Å². The van der Waals surface area contributed by atoms with E-state index >= 15 is 0 Å². The van der Waals surface area contributed by atoms with Crippen LogP contribution in [0.1, 0.15) is 28.7 Å². The van der Waals surface area contributed by atoms with E-state index in [9.17, 15) is 9.59 Å². The van der Waals surface area contributed by atoms with Gasteiger partial charge in [0.05, 0.1) is 11.6 Å². The predicted octanol–water partition coefficient (Wildman–Crippen LogP) is 3.61. The molecule has 0 aliphatic carbocycles. The Hall–Kier alpha value is -4.25. The lowest BCUT2D eigenvalue weighted by Gasteiger charge is -2.10. The van der Waals surface area contributed by atoms with Gasteiger partial charge in [-0.15, -0.1) is 0 Å². The van der Waals surface area contributed by atoms with Crippen LogP contribution in [0, 0.1) is 18.3 Å². The summed E-state index contributed by atoms with van der Waals surface area (Å²) in [4.78, 5) is 32.4. The Balaban J connectivity index is 1.79. The van der Waals surface area contributed by atoms with Crippen LogP contribution in [0.25, 0.3) is 0 Å². The van der Waals surface area contributed by atoms with E-state index in [1.54, 1.807) is 61.5 Å². The SMILES string of the molecule is CC(=O)Nc1cccc(NC(=O)c2cc(C)nc(Nc3cccc(C#N)c3)n2)c1. The quantitative estimate of drug-likeness (QED) is 0.616. The van der Waals surface area contributed by atoms with E-state index in [4.69, 9.17) is 5.26 Å². The molecule has 3 aromatic rings. The third-order valence-corrected chi connectivity index (χ3v) is 3.78. The van der Waals surface area contributed by atoms with Crippen molar-refractivity contribution in [2.24, 2.45) is 0 Å². The van der Waals surface area contributed by atoms with Crippen molar-refractivity contribution in [2.75, 3.05) is 16.0 Å². The first kappa shape index (κ1) is 19.5. The topological polar surface area (TPSA) is 120 Å². The maximum absolute atomic E-state index is 12.6. The van der Waals surface area contributed by atoms with Gasteiger partial charge in [-0.25, -0.2) is 9.97 Å². The van der Waals surface area contributed by atoms with E-state index in [1.165, 1.54) is 6.92 Å². The van der Waals surface area contributed by atoms with E-state index in [-0.39, 0.29) is 17.5 Å². The second kappa shape index (κ2) is 8.63. The van der Waals surface area contributed by atoms with Crippen molar-refractivity contribution in [3.05, 3.63) is 71.5 Å². The van der Waals surface area contributed by atoms with E-state index in [0.717, 1.165) is 0 Å². The molecule has 8 heteroatoms. The third-order valence-electron chi connectivity index (χ3n) is 3.78. The number of nitrogens with one attached hydrogen (secondary N) is 3. The second-order valence-corrected chi connectivity index (χ2v) is 6.25. The molecule has 8 nitrogen and oxygen atoms in total. The van der Waals surface area contributed by atoms with Gasteiger partial charge in [0, 0.05) is 29.7 Å². The highest BCUT2D eigenvalue weighted by atomic mass is 16.2. The minimum atomic E-state index is -0.413. The Bertz CT molecular complexity index is 1120. The standard InChI is InChI=1S/C21H18N6O2/c1-13-9-19(20(29)25-18-8-4-7-17(11-18)24-14(2)28)27-21(23-13)26-16-6-3-5-15(10-16)12-22/h3-11H,1-2H3,(H,24,28)(H,25,29)(H,23,26,27). The van der Waals surface area contributed by atoms with Crippen molar-refractivity contribution in [3.63, 3.8) is 0 Å². The number of carbonyl (C=O) groups excluding carboxylic acids is 2. The average molecular weight is 386 g/mol. The molecule has 3 rings (SSSR count). The summed E-state index contributed by atoms with van der Waals surface area (Å²) >= 11 is 0. The Morgan fingerprint density at radius 3 is 2.34 bits per heavy atom. The van der Waals surface area contributed by atoms with Crippen molar-refractivity contribution < 1.29 is 9.59 Å². The number of hydrogen-bond donors (Lipinski definition) is 3. The molecule has 144 valence electrons. The lowest BCUT2D eigenvalue weighted by molar-refractivity contribution is -0.114. The summed E-state index contributed by atoms with van der Waals surface area (Å²) in [6.07, 6.45) is 0. The molecule has 0 saturated carbocycles. The van der Waals surface area contributed by atoms with Crippen molar-refractivity contribution >= 4 is 34.8 Å². The molecule has 0 aliphatic heterocycles. The lowest BCUT2D eigenvalue weighted by Crippen LogP contribution is -2.16. The molecule has 0 aliphatic rings. The Morgan fingerprint density at radius 1 is 0.931 bits per heavy atom. The average Bonchev–Trinajstić information content (AvgIpc) is 2.67. The number of aromatic nitrogens is 2. The van der Waals surface area contributed by atoms with Gasteiger partial charge in [-0.05, 0) is 49.4 Å². The predicted molar refractivity (Wildman–Crippen MR) is 110 cm³/mol. The highest BCUT2D eigenvalue weighted by Gasteiger charge is 2.12. The number of carbonyl (C=O) groups is 2. The van der Waals surface area contributed by atoms with Crippen LogP contribution in [0.3, 0.4) is 0 Å². The summed E-state index contributed by atoms with van der Waals surface area (Å²) in [5.74, 6) is -0.363. The number of rotatable bonds is 5. The van der Waals surface area contributed by atoms with E-state index in [2.05, 4.69) is 32.0 Å². The van der Waals surface area contributed by atoms with Crippen LogP contribution in [0.5, 0.6) is 0 Å². The Labute approximate surface area is 167 Å². The number of aryl methyl sites for hydroxylation is 1.